The van der Waals surface area contributed by atoms with Crippen molar-refractivity contribution < 1.29 is 18.0 Å². The lowest BCUT2D eigenvalue weighted by Crippen LogP contribution is -2.54. The Labute approximate surface area is 255 Å². The zero-order valence-electron chi connectivity index (χ0n) is 24.9. The fourth-order valence-corrected chi connectivity index (χ4v) is 6.35. The van der Waals surface area contributed by atoms with Gasteiger partial charge in [-0.15, -0.1) is 0 Å². The van der Waals surface area contributed by atoms with Crippen molar-refractivity contribution in [2.45, 2.75) is 57.1 Å². The smallest absolute Gasteiger partial charge is 0.264 e. The molecule has 0 aliphatic rings. The van der Waals surface area contributed by atoms with Crippen LogP contribution in [0.2, 0.25) is 0 Å². The van der Waals surface area contributed by atoms with Crippen LogP contribution in [0.1, 0.15) is 37.0 Å². The van der Waals surface area contributed by atoms with Crippen molar-refractivity contribution in [3.63, 3.8) is 0 Å². The van der Waals surface area contributed by atoms with E-state index in [2.05, 4.69) is 5.32 Å². The van der Waals surface area contributed by atoms with E-state index in [1.54, 1.807) is 30.3 Å². The Hall–Kier alpha value is -4.43. The standard InChI is InChI=1S/C35H39N3O4S/c1-4-28(3)36-35(40)33(24-29-17-8-5-9-18-29)37(25-30-19-10-6-11-20-30)34(39)26-38(32-23-15-14-16-27(32)2)43(41,42)31-21-12-7-13-22-31/h5-23,28,33H,4,24-26H2,1-3H3,(H,36,40)/t28-,33+/m1/s1. The number of benzene rings is 4. The Kier molecular flexibility index (Phi) is 10.7. The molecule has 43 heavy (non-hydrogen) atoms. The molecule has 4 aromatic rings. The van der Waals surface area contributed by atoms with E-state index >= 15 is 0 Å². The van der Waals surface area contributed by atoms with Crippen LogP contribution in [0.15, 0.2) is 120 Å². The molecule has 0 saturated carbocycles. The van der Waals surface area contributed by atoms with Crippen molar-refractivity contribution in [2.24, 2.45) is 0 Å². The van der Waals surface area contributed by atoms with Crippen LogP contribution >= 0.6 is 0 Å². The fraction of sp³-hybridized carbons (Fsp3) is 0.257. The number of nitrogens with one attached hydrogen (secondary N) is 1. The maximum atomic E-state index is 14.5. The lowest BCUT2D eigenvalue weighted by atomic mass is 10.0. The molecule has 7 nitrogen and oxygen atoms in total. The molecule has 0 radical (unpaired) electrons. The van der Waals surface area contributed by atoms with E-state index in [0.29, 0.717) is 11.3 Å². The van der Waals surface area contributed by atoms with Crippen molar-refractivity contribution in [3.05, 3.63) is 132 Å². The van der Waals surface area contributed by atoms with Gasteiger partial charge in [0.25, 0.3) is 10.0 Å². The molecule has 0 aliphatic carbocycles. The molecule has 224 valence electrons. The number of aryl methyl sites for hydroxylation is 1. The van der Waals surface area contributed by atoms with Gasteiger partial charge in [-0.25, -0.2) is 8.42 Å². The molecule has 0 spiro atoms. The van der Waals surface area contributed by atoms with Gasteiger partial charge >= 0.3 is 0 Å². The first-order chi connectivity index (χ1) is 20.7. The third-order valence-electron chi connectivity index (χ3n) is 7.46. The molecule has 2 amide bonds. The molecule has 0 unspecified atom stereocenters. The summed E-state index contributed by atoms with van der Waals surface area (Å²) in [4.78, 5) is 29.9. The molecule has 0 heterocycles. The monoisotopic (exact) mass is 597 g/mol. The minimum Gasteiger partial charge on any atom is -0.352 e. The van der Waals surface area contributed by atoms with E-state index in [-0.39, 0.29) is 29.8 Å². The number of hydrogen-bond acceptors (Lipinski definition) is 4. The lowest BCUT2D eigenvalue weighted by Gasteiger charge is -2.34. The summed E-state index contributed by atoms with van der Waals surface area (Å²) in [6.07, 6.45) is 1.00. The van der Waals surface area contributed by atoms with Gasteiger partial charge in [0.1, 0.15) is 12.6 Å². The van der Waals surface area contributed by atoms with E-state index in [1.807, 2.05) is 93.6 Å². The third kappa shape index (κ3) is 8.11. The van der Waals surface area contributed by atoms with Crippen LogP contribution < -0.4 is 9.62 Å². The van der Waals surface area contributed by atoms with Gasteiger partial charge in [0.2, 0.25) is 11.8 Å². The normalized spacial score (nSPS) is 12.6. The highest BCUT2D eigenvalue weighted by molar-refractivity contribution is 7.92. The Morgan fingerprint density at radius 2 is 1.30 bits per heavy atom. The quantitative estimate of drug-likeness (QED) is 0.213. The predicted octanol–water partition coefficient (Wildman–Crippen LogP) is 5.75. The van der Waals surface area contributed by atoms with E-state index in [4.69, 9.17) is 0 Å². The van der Waals surface area contributed by atoms with Crippen LogP contribution in [0.5, 0.6) is 0 Å². The van der Waals surface area contributed by atoms with Gasteiger partial charge < -0.3 is 10.2 Å². The summed E-state index contributed by atoms with van der Waals surface area (Å²) >= 11 is 0. The summed E-state index contributed by atoms with van der Waals surface area (Å²) in [5.74, 6) is -0.761. The maximum absolute atomic E-state index is 14.5. The molecule has 0 saturated heterocycles. The molecular formula is C35H39N3O4S. The maximum Gasteiger partial charge on any atom is 0.264 e. The minimum atomic E-state index is -4.12. The highest BCUT2D eigenvalue weighted by Crippen LogP contribution is 2.27. The second-order valence-electron chi connectivity index (χ2n) is 10.6. The molecule has 0 aromatic heterocycles. The summed E-state index contributed by atoms with van der Waals surface area (Å²) in [7, 11) is -4.12. The van der Waals surface area contributed by atoms with Crippen molar-refractivity contribution in [2.75, 3.05) is 10.8 Å². The average molecular weight is 598 g/mol. The molecule has 0 bridgehead atoms. The first kappa shape index (κ1) is 31.5. The van der Waals surface area contributed by atoms with Crippen molar-refractivity contribution >= 4 is 27.5 Å². The Morgan fingerprint density at radius 1 is 0.767 bits per heavy atom. The van der Waals surface area contributed by atoms with E-state index < -0.39 is 28.5 Å². The van der Waals surface area contributed by atoms with Gasteiger partial charge in [-0.05, 0) is 55.2 Å². The molecule has 0 fully saturated rings. The minimum absolute atomic E-state index is 0.0796. The molecule has 4 aromatic carbocycles. The van der Waals surface area contributed by atoms with Gasteiger partial charge in [-0.1, -0.05) is 104 Å². The molecule has 8 heteroatoms. The van der Waals surface area contributed by atoms with Gasteiger partial charge in [-0.3, -0.25) is 13.9 Å². The number of rotatable bonds is 13. The summed E-state index contributed by atoms with van der Waals surface area (Å²) in [5, 5.41) is 3.06. The topological polar surface area (TPSA) is 86.8 Å². The van der Waals surface area contributed by atoms with Gasteiger partial charge in [-0.2, -0.15) is 0 Å². The fourth-order valence-electron chi connectivity index (χ4n) is 4.85. The summed E-state index contributed by atoms with van der Waals surface area (Å²) in [6.45, 7) is 5.38. The number of nitrogens with zero attached hydrogens (tertiary/aromatic N) is 2. The number of hydrogen-bond donors (Lipinski definition) is 1. The number of sulfonamides is 1. The zero-order chi connectivity index (χ0) is 30.8. The second-order valence-corrected chi connectivity index (χ2v) is 12.5. The summed E-state index contributed by atoms with van der Waals surface area (Å²) in [6, 6.07) is 33.2. The van der Waals surface area contributed by atoms with Gasteiger partial charge in [0.05, 0.1) is 10.6 Å². The highest BCUT2D eigenvalue weighted by Gasteiger charge is 2.35. The van der Waals surface area contributed by atoms with Gasteiger partial charge in [0.15, 0.2) is 0 Å². The predicted molar refractivity (Wildman–Crippen MR) is 171 cm³/mol. The molecule has 1 N–H and O–H groups in total. The first-order valence-electron chi connectivity index (χ1n) is 14.5. The Balaban J connectivity index is 1.79. The Bertz CT molecular complexity index is 1600. The van der Waals surface area contributed by atoms with Crippen molar-refractivity contribution in [1.29, 1.82) is 0 Å². The number of para-hydroxylation sites is 1. The molecular weight excluding hydrogens is 558 g/mol. The molecule has 2 atom stereocenters. The summed E-state index contributed by atoms with van der Waals surface area (Å²) in [5.41, 5.74) is 2.84. The van der Waals surface area contributed by atoms with Crippen molar-refractivity contribution in [1.82, 2.24) is 10.2 Å². The molecule has 4 rings (SSSR count). The van der Waals surface area contributed by atoms with Crippen molar-refractivity contribution in [3.8, 4) is 0 Å². The van der Waals surface area contributed by atoms with Gasteiger partial charge in [0, 0.05) is 19.0 Å². The van der Waals surface area contributed by atoms with E-state index in [9.17, 15) is 18.0 Å². The van der Waals surface area contributed by atoms with E-state index in [1.165, 1.54) is 17.0 Å². The summed E-state index contributed by atoms with van der Waals surface area (Å²) < 4.78 is 29.3. The highest BCUT2D eigenvalue weighted by atomic mass is 32.2. The zero-order valence-corrected chi connectivity index (χ0v) is 25.7. The number of anilines is 1. The SMILES string of the molecule is CC[C@@H](C)NC(=O)[C@H](Cc1ccccc1)N(Cc1ccccc1)C(=O)CN(c1ccccc1C)S(=O)(=O)c1ccccc1. The third-order valence-corrected chi connectivity index (χ3v) is 9.24. The average Bonchev–Trinajstić information content (AvgIpc) is 3.03. The number of carbonyl (C=O) groups excluding carboxylic acids is 2. The largest absolute Gasteiger partial charge is 0.352 e. The number of carbonyl (C=O) groups is 2. The second kappa shape index (κ2) is 14.6. The Morgan fingerprint density at radius 3 is 1.88 bits per heavy atom. The van der Waals surface area contributed by atoms with Crippen LogP contribution in [0.3, 0.4) is 0 Å². The van der Waals surface area contributed by atoms with E-state index in [0.717, 1.165) is 21.9 Å². The van der Waals surface area contributed by atoms with Crippen LogP contribution in [-0.4, -0.2) is 43.8 Å². The van der Waals surface area contributed by atoms with Crippen LogP contribution in [0.4, 0.5) is 5.69 Å². The van der Waals surface area contributed by atoms with Crippen LogP contribution in [-0.2, 0) is 32.6 Å². The lowest BCUT2D eigenvalue weighted by molar-refractivity contribution is -0.140. The van der Waals surface area contributed by atoms with Crippen LogP contribution in [0, 0.1) is 6.92 Å². The first-order valence-corrected chi connectivity index (χ1v) is 16.0. The molecule has 0 aliphatic heterocycles. The number of amides is 2. The van der Waals surface area contributed by atoms with Crippen LogP contribution in [0.25, 0.3) is 0 Å².